The Morgan fingerprint density at radius 2 is 2.00 bits per heavy atom. The van der Waals surface area contributed by atoms with Crippen LogP contribution in [0.2, 0.25) is 0 Å². The topological polar surface area (TPSA) is 70.0 Å². The van der Waals surface area contributed by atoms with Crippen LogP contribution in [-0.4, -0.2) is 51.6 Å². The van der Waals surface area contributed by atoms with Gasteiger partial charge in [0.15, 0.2) is 0 Å². The zero-order valence-corrected chi connectivity index (χ0v) is 10.3. The zero-order valence-electron chi connectivity index (χ0n) is 10.3. The third kappa shape index (κ3) is 2.86. The number of hydrogen-bond donors (Lipinski definition) is 2. The molecule has 0 aromatic rings. The Hall–Kier alpha value is -0.810. The van der Waals surface area contributed by atoms with Crippen LogP contribution in [0.25, 0.3) is 0 Å². The van der Waals surface area contributed by atoms with Gasteiger partial charge in [-0.3, -0.25) is 4.90 Å². The quantitative estimate of drug-likeness (QED) is 0.713. The van der Waals surface area contributed by atoms with Gasteiger partial charge in [0, 0.05) is 5.54 Å². The van der Waals surface area contributed by atoms with Crippen molar-refractivity contribution in [3.8, 4) is 0 Å². The van der Waals surface area contributed by atoms with E-state index in [0.29, 0.717) is 6.42 Å². The van der Waals surface area contributed by atoms with Gasteiger partial charge in [-0.25, -0.2) is 4.79 Å². The summed E-state index contributed by atoms with van der Waals surface area (Å²) in [6.07, 6.45) is -1.22. The zero-order chi connectivity index (χ0) is 12.5. The number of hydrogen-bond acceptors (Lipinski definition) is 3. The Morgan fingerprint density at radius 3 is 2.44 bits per heavy atom. The smallest absolute Gasteiger partial charge is 0.408 e. The van der Waals surface area contributed by atoms with Crippen molar-refractivity contribution < 1.29 is 19.7 Å². The Morgan fingerprint density at radius 1 is 1.44 bits per heavy atom. The van der Waals surface area contributed by atoms with Crippen LogP contribution in [0.3, 0.4) is 0 Å². The molecule has 1 rings (SSSR count). The highest BCUT2D eigenvalue weighted by atomic mass is 16.5. The van der Waals surface area contributed by atoms with E-state index in [1.807, 2.05) is 27.7 Å². The van der Waals surface area contributed by atoms with E-state index in [0.717, 1.165) is 0 Å². The molecule has 1 fully saturated rings. The minimum Gasteiger partial charge on any atom is -0.465 e. The first-order valence-corrected chi connectivity index (χ1v) is 5.55. The molecule has 3 atom stereocenters. The molecule has 94 valence electrons. The second-order valence-electron chi connectivity index (χ2n) is 5.34. The molecule has 0 spiro atoms. The fourth-order valence-corrected chi connectivity index (χ4v) is 2.14. The van der Waals surface area contributed by atoms with Gasteiger partial charge in [-0.15, -0.1) is 0 Å². The third-order valence-corrected chi connectivity index (χ3v) is 2.83. The van der Waals surface area contributed by atoms with E-state index in [9.17, 15) is 15.0 Å². The molecule has 5 heteroatoms. The van der Waals surface area contributed by atoms with Crippen LogP contribution in [-0.2, 0) is 4.74 Å². The minimum atomic E-state index is -0.995. The van der Waals surface area contributed by atoms with E-state index in [2.05, 4.69) is 0 Å². The normalized spacial score (nSPS) is 31.2. The second kappa shape index (κ2) is 4.59. The number of rotatable bonds is 1. The molecule has 5 nitrogen and oxygen atoms in total. The van der Waals surface area contributed by atoms with Gasteiger partial charge in [0.1, 0.15) is 0 Å². The van der Waals surface area contributed by atoms with Gasteiger partial charge in [0.25, 0.3) is 0 Å². The molecule has 0 saturated carbocycles. The molecular formula is C11H21NO4. The van der Waals surface area contributed by atoms with Crippen LogP contribution in [0.15, 0.2) is 0 Å². The fraction of sp³-hybridized carbons (Fsp3) is 0.909. The van der Waals surface area contributed by atoms with Gasteiger partial charge in [0.2, 0.25) is 0 Å². The number of nitrogens with zero attached hydrogens (tertiary/aromatic N) is 1. The van der Waals surface area contributed by atoms with E-state index in [1.165, 1.54) is 4.90 Å². The maximum Gasteiger partial charge on any atom is 0.408 e. The lowest BCUT2D eigenvalue weighted by Gasteiger charge is -2.44. The van der Waals surface area contributed by atoms with Crippen LogP contribution < -0.4 is 0 Å². The molecule has 1 heterocycles. The Labute approximate surface area is 96.0 Å². The summed E-state index contributed by atoms with van der Waals surface area (Å²) >= 11 is 0. The molecule has 0 aliphatic carbocycles. The van der Waals surface area contributed by atoms with Crippen molar-refractivity contribution in [1.82, 2.24) is 4.90 Å². The van der Waals surface area contributed by atoms with Crippen molar-refractivity contribution in [3.05, 3.63) is 0 Å². The molecular weight excluding hydrogens is 210 g/mol. The standard InChI is InChI=1S/C11H21NO4/c1-7-5-8(9(13)6-16-7)12(10(14)15)11(2,3)4/h7-9,13H,5-6H2,1-4H3,(H,14,15)/t7-,8-,9-/m0/s1. The van der Waals surface area contributed by atoms with Gasteiger partial charge >= 0.3 is 6.09 Å². The first-order chi connectivity index (χ1) is 7.23. The highest BCUT2D eigenvalue weighted by molar-refractivity contribution is 5.66. The molecule has 0 aromatic carbocycles. The van der Waals surface area contributed by atoms with Crippen molar-refractivity contribution in [3.63, 3.8) is 0 Å². The number of amides is 1. The van der Waals surface area contributed by atoms with Crippen LogP contribution in [0.1, 0.15) is 34.1 Å². The predicted molar refractivity (Wildman–Crippen MR) is 59.4 cm³/mol. The lowest BCUT2D eigenvalue weighted by molar-refractivity contribution is -0.104. The van der Waals surface area contributed by atoms with E-state index in [4.69, 9.17) is 4.74 Å². The highest BCUT2D eigenvalue weighted by Crippen LogP contribution is 2.26. The predicted octanol–water partition coefficient (Wildman–Crippen LogP) is 1.30. The summed E-state index contributed by atoms with van der Waals surface area (Å²) in [5.41, 5.74) is -0.519. The summed E-state index contributed by atoms with van der Waals surface area (Å²) in [4.78, 5) is 12.6. The summed E-state index contributed by atoms with van der Waals surface area (Å²) in [7, 11) is 0. The number of carboxylic acid groups (broad SMARTS) is 1. The van der Waals surface area contributed by atoms with Crippen molar-refractivity contribution >= 4 is 6.09 Å². The monoisotopic (exact) mass is 231 g/mol. The summed E-state index contributed by atoms with van der Waals surface area (Å²) in [5, 5.41) is 19.1. The van der Waals surface area contributed by atoms with E-state index in [1.54, 1.807) is 0 Å². The Bertz CT molecular complexity index is 261. The highest BCUT2D eigenvalue weighted by Gasteiger charge is 2.40. The van der Waals surface area contributed by atoms with Crippen molar-refractivity contribution in [1.29, 1.82) is 0 Å². The van der Waals surface area contributed by atoms with Gasteiger partial charge in [-0.2, -0.15) is 0 Å². The summed E-state index contributed by atoms with van der Waals surface area (Å²) in [6.45, 7) is 7.57. The van der Waals surface area contributed by atoms with Crippen LogP contribution in [0.5, 0.6) is 0 Å². The molecule has 1 aliphatic rings. The van der Waals surface area contributed by atoms with Crippen molar-refractivity contribution in [2.24, 2.45) is 0 Å². The van der Waals surface area contributed by atoms with Gasteiger partial charge in [-0.05, 0) is 34.1 Å². The molecule has 1 amide bonds. The fourth-order valence-electron chi connectivity index (χ4n) is 2.14. The van der Waals surface area contributed by atoms with Gasteiger partial charge in [0.05, 0.1) is 24.9 Å². The average molecular weight is 231 g/mol. The molecule has 0 bridgehead atoms. The molecule has 0 unspecified atom stereocenters. The second-order valence-corrected chi connectivity index (χ2v) is 5.34. The molecule has 2 N–H and O–H groups in total. The first kappa shape index (κ1) is 13.3. The molecule has 1 saturated heterocycles. The SMILES string of the molecule is C[C@H]1C[C@H](N(C(=O)O)C(C)(C)C)[C@@H](O)CO1. The van der Waals surface area contributed by atoms with Gasteiger partial charge < -0.3 is 14.9 Å². The van der Waals surface area contributed by atoms with E-state index >= 15 is 0 Å². The Balaban J connectivity index is 2.89. The lowest BCUT2D eigenvalue weighted by atomic mass is 9.95. The minimum absolute atomic E-state index is 0.0161. The van der Waals surface area contributed by atoms with Crippen molar-refractivity contribution in [2.75, 3.05) is 6.61 Å². The summed E-state index contributed by atoms with van der Waals surface area (Å²) in [6, 6.07) is -0.388. The van der Waals surface area contributed by atoms with Gasteiger partial charge in [-0.1, -0.05) is 0 Å². The number of ether oxygens (including phenoxy) is 1. The molecule has 16 heavy (non-hydrogen) atoms. The molecule has 0 radical (unpaired) electrons. The third-order valence-electron chi connectivity index (χ3n) is 2.83. The van der Waals surface area contributed by atoms with E-state index < -0.39 is 17.7 Å². The largest absolute Gasteiger partial charge is 0.465 e. The van der Waals surface area contributed by atoms with Crippen LogP contribution in [0, 0.1) is 0 Å². The lowest BCUT2D eigenvalue weighted by Crippen LogP contribution is -2.59. The number of aliphatic hydroxyl groups is 1. The molecule has 1 aliphatic heterocycles. The Kier molecular flexibility index (Phi) is 3.80. The maximum atomic E-state index is 11.3. The van der Waals surface area contributed by atoms with E-state index in [-0.39, 0.29) is 18.8 Å². The average Bonchev–Trinajstić information content (AvgIpc) is 2.08. The van der Waals surface area contributed by atoms with Crippen LogP contribution in [0.4, 0.5) is 4.79 Å². The maximum absolute atomic E-state index is 11.3. The van der Waals surface area contributed by atoms with Crippen LogP contribution >= 0.6 is 0 Å². The summed E-state index contributed by atoms with van der Waals surface area (Å²) in [5.74, 6) is 0. The number of aliphatic hydroxyl groups excluding tert-OH is 1. The van der Waals surface area contributed by atoms with Crippen molar-refractivity contribution in [2.45, 2.75) is 57.9 Å². The summed E-state index contributed by atoms with van der Waals surface area (Å²) < 4.78 is 5.29. The molecule has 0 aromatic heterocycles. The first-order valence-electron chi connectivity index (χ1n) is 5.55. The number of carbonyl (C=O) groups is 1.